The summed E-state index contributed by atoms with van der Waals surface area (Å²) in [6.45, 7) is 2.43. The number of ether oxygens (including phenoxy) is 1. The van der Waals surface area contributed by atoms with Crippen molar-refractivity contribution >= 4 is 11.6 Å². The first kappa shape index (κ1) is 18.5. The molecule has 0 aliphatic carbocycles. The zero-order chi connectivity index (χ0) is 19.2. The largest absolute Gasteiger partial charge is 0.497 e. The molecule has 0 aliphatic rings. The minimum absolute atomic E-state index is 0.108. The van der Waals surface area contributed by atoms with Gasteiger partial charge in [-0.1, -0.05) is 24.3 Å². The van der Waals surface area contributed by atoms with E-state index in [9.17, 15) is 4.79 Å². The fourth-order valence-corrected chi connectivity index (χ4v) is 2.83. The molecule has 0 fully saturated rings. The van der Waals surface area contributed by atoms with Gasteiger partial charge in [0.25, 0.3) is 5.91 Å². The first-order valence-corrected chi connectivity index (χ1v) is 8.76. The lowest BCUT2D eigenvalue weighted by Crippen LogP contribution is -2.22. The molecular formula is C22H23N3O2. The highest BCUT2D eigenvalue weighted by Crippen LogP contribution is 2.25. The topological polar surface area (TPSA) is 63.2 Å². The van der Waals surface area contributed by atoms with Crippen LogP contribution in [0.5, 0.6) is 5.75 Å². The Morgan fingerprint density at radius 3 is 2.59 bits per heavy atom. The second-order valence-corrected chi connectivity index (χ2v) is 6.22. The number of pyridine rings is 1. The first-order valence-electron chi connectivity index (χ1n) is 8.76. The van der Waals surface area contributed by atoms with Crippen LogP contribution in [0.3, 0.4) is 0 Å². The van der Waals surface area contributed by atoms with Crippen LogP contribution in [0.1, 0.15) is 21.6 Å². The number of carbonyl (C=O) groups is 1. The van der Waals surface area contributed by atoms with Crippen molar-refractivity contribution in [3.63, 3.8) is 0 Å². The fraction of sp³-hybridized carbons (Fsp3) is 0.182. The first-order chi connectivity index (χ1) is 13.1. The van der Waals surface area contributed by atoms with Crippen LogP contribution in [0.15, 0.2) is 60.8 Å². The molecule has 1 heterocycles. The highest BCUT2D eigenvalue weighted by molar-refractivity contribution is 5.94. The molecule has 0 saturated heterocycles. The molecule has 0 atom stereocenters. The van der Waals surface area contributed by atoms with Gasteiger partial charge in [-0.25, -0.2) is 0 Å². The molecule has 0 bridgehead atoms. The van der Waals surface area contributed by atoms with E-state index in [0.29, 0.717) is 12.1 Å². The van der Waals surface area contributed by atoms with E-state index in [4.69, 9.17) is 4.74 Å². The van der Waals surface area contributed by atoms with Crippen LogP contribution < -0.4 is 15.4 Å². The molecule has 5 heteroatoms. The number of hydrogen-bond acceptors (Lipinski definition) is 4. The van der Waals surface area contributed by atoms with Crippen molar-refractivity contribution in [1.82, 2.24) is 10.3 Å². The van der Waals surface area contributed by atoms with Gasteiger partial charge in [-0.2, -0.15) is 0 Å². The average molecular weight is 361 g/mol. The number of amides is 1. The molecule has 1 amide bonds. The van der Waals surface area contributed by atoms with Gasteiger partial charge in [0.05, 0.1) is 19.0 Å². The van der Waals surface area contributed by atoms with E-state index < -0.39 is 0 Å². The van der Waals surface area contributed by atoms with Crippen LogP contribution in [0.4, 0.5) is 5.69 Å². The summed E-state index contributed by atoms with van der Waals surface area (Å²) in [6, 6.07) is 17.3. The lowest BCUT2D eigenvalue weighted by Gasteiger charge is -2.10. The molecule has 5 nitrogen and oxygen atoms in total. The van der Waals surface area contributed by atoms with Crippen LogP contribution >= 0.6 is 0 Å². The number of rotatable bonds is 6. The molecule has 0 radical (unpaired) electrons. The summed E-state index contributed by atoms with van der Waals surface area (Å²) in [6.07, 6.45) is 1.80. The van der Waals surface area contributed by atoms with Crippen molar-refractivity contribution in [2.24, 2.45) is 0 Å². The predicted octanol–water partition coefficient (Wildman–Crippen LogP) is 4.04. The van der Waals surface area contributed by atoms with E-state index in [0.717, 1.165) is 33.8 Å². The Balaban J connectivity index is 1.70. The van der Waals surface area contributed by atoms with Crippen LogP contribution in [0, 0.1) is 6.92 Å². The molecule has 138 valence electrons. The van der Waals surface area contributed by atoms with Crippen molar-refractivity contribution in [3.05, 3.63) is 77.6 Å². The van der Waals surface area contributed by atoms with Crippen molar-refractivity contribution in [1.29, 1.82) is 0 Å². The Labute approximate surface area is 159 Å². The van der Waals surface area contributed by atoms with E-state index in [1.165, 1.54) is 0 Å². The van der Waals surface area contributed by atoms with Gasteiger partial charge in [0.1, 0.15) is 5.75 Å². The van der Waals surface area contributed by atoms with Crippen molar-refractivity contribution in [3.8, 4) is 16.9 Å². The number of aryl methyl sites for hydroxylation is 1. The number of hydrogen-bond donors (Lipinski definition) is 2. The lowest BCUT2D eigenvalue weighted by molar-refractivity contribution is 0.0951. The molecule has 0 spiro atoms. The predicted molar refractivity (Wildman–Crippen MR) is 108 cm³/mol. The third kappa shape index (κ3) is 4.44. The average Bonchev–Trinajstić information content (AvgIpc) is 2.72. The van der Waals surface area contributed by atoms with Gasteiger partial charge < -0.3 is 15.4 Å². The van der Waals surface area contributed by atoms with Crippen molar-refractivity contribution in [2.75, 3.05) is 19.5 Å². The number of anilines is 1. The summed E-state index contributed by atoms with van der Waals surface area (Å²) in [5.41, 5.74) is 5.59. The van der Waals surface area contributed by atoms with E-state index >= 15 is 0 Å². The molecule has 3 rings (SSSR count). The van der Waals surface area contributed by atoms with Gasteiger partial charge >= 0.3 is 0 Å². The molecule has 2 aromatic carbocycles. The smallest absolute Gasteiger partial charge is 0.251 e. The molecule has 27 heavy (non-hydrogen) atoms. The standard InChI is InChI=1S/C22H23N3O2/c1-15-21(12-19(23-2)14-24-15)17-7-9-18(10-8-17)22(26)25-13-16-5-4-6-20(11-16)27-3/h4-12,14,23H,13H2,1-3H3,(H,25,26). The highest BCUT2D eigenvalue weighted by atomic mass is 16.5. The lowest BCUT2D eigenvalue weighted by atomic mass is 10.0. The highest BCUT2D eigenvalue weighted by Gasteiger charge is 2.08. The third-order valence-electron chi connectivity index (χ3n) is 4.42. The van der Waals surface area contributed by atoms with Crippen molar-refractivity contribution in [2.45, 2.75) is 13.5 Å². The maximum Gasteiger partial charge on any atom is 0.251 e. The monoisotopic (exact) mass is 361 g/mol. The Morgan fingerprint density at radius 1 is 1.11 bits per heavy atom. The maximum atomic E-state index is 12.4. The molecule has 0 aliphatic heterocycles. The van der Waals surface area contributed by atoms with E-state index in [-0.39, 0.29) is 5.91 Å². The Hall–Kier alpha value is -3.34. The molecule has 3 aromatic rings. The number of aromatic nitrogens is 1. The summed E-state index contributed by atoms with van der Waals surface area (Å²) in [5.74, 6) is 0.669. The molecule has 0 unspecified atom stereocenters. The van der Waals surface area contributed by atoms with Crippen LogP contribution in [0.25, 0.3) is 11.1 Å². The molecule has 0 saturated carbocycles. The Morgan fingerprint density at radius 2 is 1.89 bits per heavy atom. The number of carbonyl (C=O) groups excluding carboxylic acids is 1. The Bertz CT molecular complexity index is 937. The van der Waals surface area contributed by atoms with Gasteiger partial charge in [0.2, 0.25) is 0 Å². The second kappa shape index (κ2) is 8.36. The molecular weight excluding hydrogens is 338 g/mol. The van der Waals surface area contributed by atoms with E-state index in [1.807, 2.05) is 62.5 Å². The van der Waals surface area contributed by atoms with Crippen LogP contribution in [0.2, 0.25) is 0 Å². The summed E-state index contributed by atoms with van der Waals surface area (Å²) < 4.78 is 5.21. The van der Waals surface area contributed by atoms with Gasteiger partial charge in [-0.15, -0.1) is 0 Å². The molecule has 2 N–H and O–H groups in total. The minimum atomic E-state index is -0.108. The Kier molecular flexibility index (Phi) is 5.71. The number of methoxy groups -OCH3 is 1. The third-order valence-corrected chi connectivity index (χ3v) is 4.42. The maximum absolute atomic E-state index is 12.4. The van der Waals surface area contributed by atoms with E-state index in [1.54, 1.807) is 13.3 Å². The van der Waals surface area contributed by atoms with Crippen molar-refractivity contribution < 1.29 is 9.53 Å². The number of nitrogens with zero attached hydrogens (tertiary/aromatic N) is 1. The quantitative estimate of drug-likeness (QED) is 0.696. The zero-order valence-corrected chi connectivity index (χ0v) is 15.7. The SMILES string of the molecule is CNc1cnc(C)c(-c2ccc(C(=O)NCc3cccc(OC)c3)cc2)c1. The van der Waals surface area contributed by atoms with Gasteiger partial charge in [0.15, 0.2) is 0 Å². The van der Waals surface area contributed by atoms with Gasteiger partial charge in [-0.3, -0.25) is 9.78 Å². The number of benzene rings is 2. The summed E-state index contributed by atoms with van der Waals surface area (Å²) in [5, 5.41) is 6.04. The summed E-state index contributed by atoms with van der Waals surface area (Å²) >= 11 is 0. The summed E-state index contributed by atoms with van der Waals surface area (Å²) in [4.78, 5) is 16.8. The van der Waals surface area contributed by atoms with Crippen LogP contribution in [-0.2, 0) is 6.54 Å². The summed E-state index contributed by atoms with van der Waals surface area (Å²) in [7, 11) is 3.49. The van der Waals surface area contributed by atoms with Gasteiger partial charge in [0, 0.05) is 30.4 Å². The van der Waals surface area contributed by atoms with E-state index in [2.05, 4.69) is 21.7 Å². The normalized spacial score (nSPS) is 10.3. The number of nitrogens with one attached hydrogen (secondary N) is 2. The fourth-order valence-electron chi connectivity index (χ4n) is 2.83. The van der Waals surface area contributed by atoms with Crippen LogP contribution in [-0.4, -0.2) is 25.0 Å². The minimum Gasteiger partial charge on any atom is -0.497 e. The van der Waals surface area contributed by atoms with Gasteiger partial charge in [-0.05, 0) is 48.4 Å². The molecule has 1 aromatic heterocycles. The zero-order valence-electron chi connectivity index (χ0n) is 15.7. The second-order valence-electron chi connectivity index (χ2n) is 6.22.